The Bertz CT molecular complexity index is 325. The van der Waals surface area contributed by atoms with Crippen LogP contribution in [0.5, 0.6) is 0 Å². The van der Waals surface area contributed by atoms with E-state index in [2.05, 4.69) is 10.3 Å². The maximum atomic E-state index is 11.2. The van der Waals surface area contributed by atoms with E-state index < -0.39 is 5.97 Å². The standard InChI is InChI=1S/C9H15N3O2/c1-5-14-8(13)7-6-12(11-10-7)9(2,3)4/h6H,5H2,1-4H3. The van der Waals surface area contributed by atoms with Gasteiger partial charge in [-0.05, 0) is 27.7 Å². The lowest BCUT2D eigenvalue weighted by molar-refractivity contribution is 0.0519. The fourth-order valence-electron chi connectivity index (χ4n) is 0.890. The van der Waals surface area contributed by atoms with E-state index in [1.807, 2.05) is 20.8 Å². The van der Waals surface area contributed by atoms with E-state index in [9.17, 15) is 4.79 Å². The van der Waals surface area contributed by atoms with Gasteiger partial charge < -0.3 is 4.74 Å². The molecule has 14 heavy (non-hydrogen) atoms. The van der Waals surface area contributed by atoms with Gasteiger partial charge in [0.1, 0.15) is 0 Å². The van der Waals surface area contributed by atoms with Crippen molar-refractivity contribution in [2.24, 2.45) is 0 Å². The second-order valence-corrected chi connectivity index (χ2v) is 3.94. The van der Waals surface area contributed by atoms with Crippen LogP contribution in [0, 0.1) is 0 Å². The number of nitrogens with zero attached hydrogens (tertiary/aromatic N) is 3. The van der Waals surface area contributed by atoms with E-state index in [1.165, 1.54) is 0 Å². The summed E-state index contributed by atoms with van der Waals surface area (Å²) in [4.78, 5) is 11.2. The molecule has 5 heteroatoms. The van der Waals surface area contributed by atoms with Crippen LogP contribution in [0.15, 0.2) is 6.20 Å². The topological polar surface area (TPSA) is 57.0 Å². The van der Waals surface area contributed by atoms with Crippen LogP contribution in [0.1, 0.15) is 38.2 Å². The molecule has 1 aromatic rings. The Morgan fingerprint density at radius 3 is 2.64 bits per heavy atom. The van der Waals surface area contributed by atoms with Crippen LogP contribution in [-0.2, 0) is 10.3 Å². The van der Waals surface area contributed by atoms with Gasteiger partial charge in [-0.25, -0.2) is 9.48 Å². The van der Waals surface area contributed by atoms with Gasteiger partial charge in [0.2, 0.25) is 0 Å². The van der Waals surface area contributed by atoms with Crippen molar-refractivity contribution in [3.05, 3.63) is 11.9 Å². The maximum absolute atomic E-state index is 11.2. The molecule has 78 valence electrons. The van der Waals surface area contributed by atoms with Gasteiger partial charge in [0.05, 0.1) is 18.3 Å². The molecule has 0 unspecified atom stereocenters. The number of rotatable bonds is 2. The van der Waals surface area contributed by atoms with Gasteiger partial charge in [-0.2, -0.15) is 0 Å². The molecule has 0 amide bonds. The molecule has 0 atom stereocenters. The lowest BCUT2D eigenvalue weighted by atomic mass is 10.1. The van der Waals surface area contributed by atoms with Crippen LogP contribution in [0.4, 0.5) is 0 Å². The number of hydrogen-bond acceptors (Lipinski definition) is 4. The second-order valence-electron chi connectivity index (χ2n) is 3.94. The molecule has 0 saturated carbocycles. The molecule has 0 aliphatic rings. The molecule has 0 aliphatic carbocycles. The number of carbonyl (C=O) groups is 1. The van der Waals surface area contributed by atoms with Crippen molar-refractivity contribution in [3.8, 4) is 0 Å². The molecule has 0 aromatic carbocycles. The van der Waals surface area contributed by atoms with Gasteiger partial charge in [0, 0.05) is 0 Å². The molecule has 0 bridgehead atoms. The van der Waals surface area contributed by atoms with Gasteiger partial charge in [-0.1, -0.05) is 5.21 Å². The minimum Gasteiger partial charge on any atom is -0.461 e. The normalized spacial score (nSPS) is 11.4. The summed E-state index contributed by atoms with van der Waals surface area (Å²) in [5, 5.41) is 7.60. The Morgan fingerprint density at radius 1 is 1.57 bits per heavy atom. The van der Waals surface area contributed by atoms with Crippen molar-refractivity contribution in [1.82, 2.24) is 15.0 Å². The fraction of sp³-hybridized carbons (Fsp3) is 0.667. The molecule has 0 spiro atoms. The molecule has 1 rings (SSSR count). The monoisotopic (exact) mass is 197 g/mol. The van der Waals surface area contributed by atoms with Crippen LogP contribution < -0.4 is 0 Å². The lowest BCUT2D eigenvalue weighted by Gasteiger charge is -2.17. The molecule has 0 fully saturated rings. The Balaban J connectivity index is 2.83. The quantitative estimate of drug-likeness (QED) is 0.669. The molecule has 1 aromatic heterocycles. The van der Waals surface area contributed by atoms with Crippen molar-refractivity contribution < 1.29 is 9.53 Å². The van der Waals surface area contributed by atoms with Gasteiger partial charge in [0.25, 0.3) is 0 Å². The number of aromatic nitrogens is 3. The first-order chi connectivity index (χ1) is 6.45. The van der Waals surface area contributed by atoms with E-state index >= 15 is 0 Å². The van der Waals surface area contributed by atoms with Crippen molar-refractivity contribution in [3.63, 3.8) is 0 Å². The van der Waals surface area contributed by atoms with Crippen LogP contribution in [0.2, 0.25) is 0 Å². The highest BCUT2D eigenvalue weighted by atomic mass is 16.5. The summed E-state index contributed by atoms with van der Waals surface area (Å²) in [6, 6.07) is 0. The molecular weight excluding hydrogens is 182 g/mol. The predicted molar refractivity (Wildman–Crippen MR) is 51.0 cm³/mol. The van der Waals surface area contributed by atoms with E-state index in [1.54, 1.807) is 17.8 Å². The molecule has 5 nitrogen and oxygen atoms in total. The second kappa shape index (κ2) is 3.77. The zero-order valence-electron chi connectivity index (χ0n) is 8.94. The first kappa shape index (κ1) is 10.7. The summed E-state index contributed by atoms with van der Waals surface area (Å²) in [5.74, 6) is -0.428. The zero-order valence-corrected chi connectivity index (χ0v) is 8.94. The Hall–Kier alpha value is -1.39. The lowest BCUT2D eigenvalue weighted by Crippen LogP contribution is -2.22. The third-order valence-electron chi connectivity index (χ3n) is 1.67. The molecule has 1 heterocycles. The molecule has 0 radical (unpaired) electrons. The molecule has 0 N–H and O–H groups in total. The number of hydrogen-bond donors (Lipinski definition) is 0. The van der Waals surface area contributed by atoms with E-state index in [0.717, 1.165) is 0 Å². The summed E-state index contributed by atoms with van der Waals surface area (Å²) in [6.07, 6.45) is 1.60. The SMILES string of the molecule is CCOC(=O)c1cn(C(C)(C)C)nn1. The minimum atomic E-state index is -0.428. The highest BCUT2D eigenvalue weighted by molar-refractivity contribution is 5.86. The average molecular weight is 197 g/mol. The first-order valence-corrected chi connectivity index (χ1v) is 4.55. The fourth-order valence-corrected chi connectivity index (χ4v) is 0.890. The van der Waals surface area contributed by atoms with Crippen molar-refractivity contribution in [2.45, 2.75) is 33.2 Å². The third kappa shape index (κ3) is 2.31. The zero-order chi connectivity index (χ0) is 10.8. The number of carbonyl (C=O) groups excluding carboxylic acids is 1. The highest BCUT2D eigenvalue weighted by Gasteiger charge is 2.18. The van der Waals surface area contributed by atoms with Crippen molar-refractivity contribution in [2.75, 3.05) is 6.61 Å². The third-order valence-corrected chi connectivity index (χ3v) is 1.67. The van der Waals surface area contributed by atoms with Gasteiger partial charge >= 0.3 is 5.97 Å². The Morgan fingerprint density at radius 2 is 2.21 bits per heavy atom. The van der Waals surface area contributed by atoms with Crippen LogP contribution in [0.25, 0.3) is 0 Å². The summed E-state index contributed by atoms with van der Waals surface area (Å²) < 4.78 is 6.44. The van der Waals surface area contributed by atoms with Crippen molar-refractivity contribution in [1.29, 1.82) is 0 Å². The van der Waals surface area contributed by atoms with Gasteiger partial charge in [-0.15, -0.1) is 5.10 Å². The van der Waals surface area contributed by atoms with Crippen LogP contribution in [-0.4, -0.2) is 27.6 Å². The number of ether oxygens (including phenoxy) is 1. The van der Waals surface area contributed by atoms with E-state index in [4.69, 9.17) is 4.74 Å². The van der Waals surface area contributed by atoms with E-state index in [-0.39, 0.29) is 11.2 Å². The Labute approximate surface area is 83.1 Å². The highest BCUT2D eigenvalue weighted by Crippen LogP contribution is 2.11. The van der Waals surface area contributed by atoms with Gasteiger partial charge in [0.15, 0.2) is 5.69 Å². The van der Waals surface area contributed by atoms with Crippen molar-refractivity contribution >= 4 is 5.97 Å². The molecule has 0 saturated heterocycles. The Kier molecular flexibility index (Phi) is 2.88. The van der Waals surface area contributed by atoms with Crippen LogP contribution in [0.3, 0.4) is 0 Å². The average Bonchev–Trinajstić information content (AvgIpc) is 2.51. The maximum Gasteiger partial charge on any atom is 0.360 e. The predicted octanol–water partition coefficient (Wildman–Crippen LogP) is 1.21. The first-order valence-electron chi connectivity index (χ1n) is 4.55. The largest absolute Gasteiger partial charge is 0.461 e. The van der Waals surface area contributed by atoms with Crippen LogP contribution >= 0.6 is 0 Å². The summed E-state index contributed by atoms with van der Waals surface area (Å²) >= 11 is 0. The van der Waals surface area contributed by atoms with Gasteiger partial charge in [-0.3, -0.25) is 0 Å². The van der Waals surface area contributed by atoms with E-state index in [0.29, 0.717) is 6.61 Å². The minimum absolute atomic E-state index is 0.169. The summed E-state index contributed by atoms with van der Waals surface area (Å²) in [5.41, 5.74) is 0.0827. The summed E-state index contributed by atoms with van der Waals surface area (Å²) in [7, 11) is 0. The number of esters is 1. The smallest absolute Gasteiger partial charge is 0.360 e. The molecular formula is C9H15N3O2. The molecule has 0 aliphatic heterocycles. The summed E-state index contributed by atoms with van der Waals surface area (Å²) in [6.45, 7) is 8.05.